The van der Waals surface area contributed by atoms with Crippen LogP contribution in [0.3, 0.4) is 0 Å². The Morgan fingerprint density at radius 3 is 2.92 bits per heavy atom. The molecular formula is C18H18N2O2S2. The molecule has 0 radical (unpaired) electrons. The molecule has 0 bridgehead atoms. The Bertz CT molecular complexity index is 746. The summed E-state index contributed by atoms with van der Waals surface area (Å²) in [5.74, 6) is 6.05. The number of nitrogens with one attached hydrogen (secondary N) is 2. The van der Waals surface area contributed by atoms with E-state index in [1.165, 1.54) is 7.11 Å². The van der Waals surface area contributed by atoms with E-state index in [4.69, 9.17) is 12.2 Å². The topological polar surface area (TPSA) is 50.4 Å². The van der Waals surface area contributed by atoms with Crippen LogP contribution in [0.5, 0.6) is 0 Å². The SMILES string of the molecule is COC(=O)CCCNC(=S)Nc1cccc(C#Cc2cccs2)c1. The van der Waals surface area contributed by atoms with Gasteiger partial charge >= 0.3 is 5.97 Å². The summed E-state index contributed by atoms with van der Waals surface area (Å²) >= 11 is 6.86. The molecule has 0 saturated heterocycles. The third kappa shape index (κ3) is 6.41. The van der Waals surface area contributed by atoms with Crippen LogP contribution in [-0.2, 0) is 9.53 Å². The number of thiophene rings is 1. The van der Waals surface area contributed by atoms with E-state index in [0.717, 1.165) is 16.1 Å². The molecule has 124 valence electrons. The fraction of sp³-hybridized carbons (Fsp3) is 0.222. The van der Waals surface area contributed by atoms with Crippen molar-refractivity contribution < 1.29 is 9.53 Å². The zero-order valence-electron chi connectivity index (χ0n) is 13.3. The maximum Gasteiger partial charge on any atom is 0.305 e. The molecule has 2 aromatic rings. The summed E-state index contributed by atoms with van der Waals surface area (Å²) in [4.78, 5) is 12.1. The van der Waals surface area contributed by atoms with Crippen LogP contribution in [0.1, 0.15) is 23.3 Å². The number of hydrogen-bond donors (Lipinski definition) is 2. The van der Waals surface area contributed by atoms with Crippen LogP contribution in [0, 0.1) is 11.8 Å². The maximum atomic E-state index is 11.0. The predicted octanol–water partition coefficient (Wildman–Crippen LogP) is 3.39. The number of benzene rings is 1. The number of esters is 1. The molecule has 0 saturated carbocycles. The summed E-state index contributed by atoms with van der Waals surface area (Å²) in [6.45, 7) is 0.610. The molecule has 0 spiro atoms. The Kier molecular flexibility index (Phi) is 7.27. The molecule has 0 amide bonds. The lowest BCUT2D eigenvalue weighted by Gasteiger charge is -2.10. The second kappa shape index (κ2) is 9.71. The highest BCUT2D eigenvalue weighted by Gasteiger charge is 2.01. The summed E-state index contributed by atoms with van der Waals surface area (Å²) in [6, 6.07) is 11.7. The largest absolute Gasteiger partial charge is 0.469 e. The number of methoxy groups -OCH3 is 1. The fourth-order valence-electron chi connectivity index (χ4n) is 1.87. The molecule has 24 heavy (non-hydrogen) atoms. The first-order chi connectivity index (χ1) is 11.7. The number of thiocarbonyl (C=S) groups is 1. The van der Waals surface area contributed by atoms with Crippen molar-refractivity contribution in [2.75, 3.05) is 19.0 Å². The molecule has 0 fully saturated rings. The zero-order chi connectivity index (χ0) is 17.2. The second-order valence-corrected chi connectivity index (χ2v) is 6.22. The van der Waals surface area contributed by atoms with E-state index in [2.05, 4.69) is 27.2 Å². The van der Waals surface area contributed by atoms with Gasteiger partial charge in [0, 0.05) is 24.2 Å². The summed E-state index contributed by atoms with van der Waals surface area (Å²) in [5.41, 5.74) is 1.79. The van der Waals surface area contributed by atoms with Crippen molar-refractivity contribution in [1.82, 2.24) is 5.32 Å². The Hall–Kier alpha value is -2.36. The third-order valence-corrected chi connectivity index (χ3v) is 4.07. The van der Waals surface area contributed by atoms with E-state index in [0.29, 0.717) is 24.5 Å². The van der Waals surface area contributed by atoms with Gasteiger partial charge in [-0.25, -0.2) is 0 Å². The van der Waals surface area contributed by atoms with Gasteiger partial charge in [-0.05, 0) is 48.3 Å². The summed E-state index contributed by atoms with van der Waals surface area (Å²) in [5, 5.41) is 8.70. The first-order valence-electron chi connectivity index (χ1n) is 7.44. The molecule has 2 N–H and O–H groups in total. The van der Waals surface area contributed by atoms with E-state index >= 15 is 0 Å². The molecule has 2 rings (SSSR count). The zero-order valence-corrected chi connectivity index (χ0v) is 14.9. The molecule has 0 aliphatic carbocycles. The van der Waals surface area contributed by atoms with Crippen molar-refractivity contribution in [3.05, 3.63) is 52.2 Å². The van der Waals surface area contributed by atoms with Crippen LogP contribution >= 0.6 is 23.6 Å². The smallest absolute Gasteiger partial charge is 0.305 e. The predicted molar refractivity (Wildman–Crippen MR) is 102 cm³/mol. The van der Waals surface area contributed by atoms with Gasteiger partial charge in [-0.3, -0.25) is 4.79 Å². The molecule has 0 aliphatic rings. The Balaban J connectivity index is 1.83. The van der Waals surface area contributed by atoms with E-state index in [1.807, 2.05) is 41.8 Å². The van der Waals surface area contributed by atoms with Crippen LogP contribution in [0.4, 0.5) is 5.69 Å². The third-order valence-electron chi connectivity index (χ3n) is 3.04. The van der Waals surface area contributed by atoms with Gasteiger partial charge in [-0.2, -0.15) is 0 Å². The average molecular weight is 358 g/mol. The van der Waals surface area contributed by atoms with E-state index in [-0.39, 0.29) is 5.97 Å². The van der Waals surface area contributed by atoms with Gasteiger partial charge in [0.05, 0.1) is 12.0 Å². The fourth-order valence-corrected chi connectivity index (χ4v) is 2.66. The summed E-state index contributed by atoms with van der Waals surface area (Å²) in [7, 11) is 1.39. The molecule has 0 unspecified atom stereocenters. The summed E-state index contributed by atoms with van der Waals surface area (Å²) < 4.78 is 4.59. The highest BCUT2D eigenvalue weighted by atomic mass is 32.1. The monoisotopic (exact) mass is 358 g/mol. The minimum Gasteiger partial charge on any atom is -0.469 e. The normalized spacial score (nSPS) is 9.54. The first kappa shape index (κ1) is 18.0. The minimum absolute atomic E-state index is 0.215. The van der Waals surface area contributed by atoms with Gasteiger partial charge < -0.3 is 15.4 Å². The van der Waals surface area contributed by atoms with Gasteiger partial charge in [0.2, 0.25) is 0 Å². The van der Waals surface area contributed by atoms with Crippen molar-refractivity contribution in [2.24, 2.45) is 0 Å². The van der Waals surface area contributed by atoms with Gasteiger partial charge in [0.15, 0.2) is 5.11 Å². The van der Waals surface area contributed by atoms with Crippen molar-refractivity contribution in [1.29, 1.82) is 0 Å². The van der Waals surface area contributed by atoms with Gasteiger partial charge in [-0.1, -0.05) is 24.0 Å². The van der Waals surface area contributed by atoms with Crippen LogP contribution in [0.15, 0.2) is 41.8 Å². The molecule has 4 nitrogen and oxygen atoms in total. The lowest BCUT2D eigenvalue weighted by molar-refractivity contribution is -0.140. The highest BCUT2D eigenvalue weighted by Crippen LogP contribution is 2.11. The molecule has 0 atom stereocenters. The lowest BCUT2D eigenvalue weighted by Crippen LogP contribution is -2.29. The second-order valence-electron chi connectivity index (χ2n) is 4.87. The van der Waals surface area contributed by atoms with E-state index in [9.17, 15) is 4.79 Å². The summed E-state index contributed by atoms with van der Waals surface area (Å²) in [6.07, 6.45) is 1.04. The number of hydrogen-bond acceptors (Lipinski definition) is 4. The van der Waals surface area contributed by atoms with Crippen LogP contribution in [-0.4, -0.2) is 24.7 Å². The van der Waals surface area contributed by atoms with Gasteiger partial charge in [0.25, 0.3) is 0 Å². The molecular weight excluding hydrogens is 340 g/mol. The molecule has 1 aromatic carbocycles. The Morgan fingerprint density at radius 1 is 1.29 bits per heavy atom. The van der Waals surface area contributed by atoms with Crippen LogP contribution in [0.2, 0.25) is 0 Å². The molecule has 1 heterocycles. The van der Waals surface area contributed by atoms with Crippen LogP contribution in [0.25, 0.3) is 0 Å². The van der Waals surface area contributed by atoms with Gasteiger partial charge in [0.1, 0.15) is 0 Å². The molecule has 1 aromatic heterocycles. The minimum atomic E-state index is -0.215. The first-order valence-corrected chi connectivity index (χ1v) is 8.73. The van der Waals surface area contributed by atoms with Crippen molar-refractivity contribution in [2.45, 2.75) is 12.8 Å². The maximum absolute atomic E-state index is 11.0. The highest BCUT2D eigenvalue weighted by molar-refractivity contribution is 7.80. The number of ether oxygens (including phenoxy) is 1. The van der Waals surface area contributed by atoms with Gasteiger partial charge in [-0.15, -0.1) is 11.3 Å². The van der Waals surface area contributed by atoms with Crippen molar-refractivity contribution >= 4 is 40.3 Å². The number of anilines is 1. The lowest BCUT2D eigenvalue weighted by atomic mass is 10.2. The average Bonchev–Trinajstić information content (AvgIpc) is 3.10. The van der Waals surface area contributed by atoms with Crippen molar-refractivity contribution in [3.63, 3.8) is 0 Å². The number of carbonyl (C=O) groups is 1. The number of rotatable bonds is 5. The molecule has 0 aliphatic heterocycles. The standard InChI is InChI=1S/C18H18N2O2S2/c1-22-17(21)8-3-11-19-18(23)20-15-6-2-5-14(13-15)9-10-16-7-4-12-24-16/h2,4-7,12-13H,3,8,11H2,1H3,(H2,19,20,23). The Labute approximate surface area is 151 Å². The molecule has 6 heteroatoms. The quantitative estimate of drug-likeness (QED) is 0.371. The van der Waals surface area contributed by atoms with E-state index < -0.39 is 0 Å². The Morgan fingerprint density at radius 2 is 2.17 bits per heavy atom. The number of carbonyl (C=O) groups excluding carboxylic acids is 1. The van der Waals surface area contributed by atoms with Crippen molar-refractivity contribution in [3.8, 4) is 11.8 Å². The van der Waals surface area contributed by atoms with Crippen LogP contribution < -0.4 is 10.6 Å². The van der Waals surface area contributed by atoms with E-state index in [1.54, 1.807) is 11.3 Å².